The summed E-state index contributed by atoms with van der Waals surface area (Å²) in [5.41, 5.74) is 0.849. The van der Waals surface area contributed by atoms with Crippen molar-refractivity contribution in [3.05, 3.63) is 29.6 Å². The van der Waals surface area contributed by atoms with Gasteiger partial charge in [-0.2, -0.15) is 0 Å². The Balaban J connectivity index is 2.45. The van der Waals surface area contributed by atoms with E-state index in [4.69, 9.17) is 0 Å². The predicted octanol–water partition coefficient (Wildman–Crippen LogP) is 0.730. The molecule has 1 heterocycles. The van der Waals surface area contributed by atoms with Crippen molar-refractivity contribution in [3.63, 3.8) is 0 Å². The third kappa shape index (κ3) is 2.58. The van der Waals surface area contributed by atoms with E-state index in [0.29, 0.717) is 11.3 Å². The van der Waals surface area contributed by atoms with Crippen LogP contribution in [-0.4, -0.2) is 29.5 Å². The SMILES string of the molecule is CC(O)c1cc(F)ccc1N1CC(=O)NC(=O)C1C. The van der Waals surface area contributed by atoms with Gasteiger partial charge in [0, 0.05) is 11.3 Å². The molecule has 19 heavy (non-hydrogen) atoms. The average Bonchev–Trinajstić information content (AvgIpc) is 2.34. The summed E-state index contributed by atoms with van der Waals surface area (Å²) in [5.74, 6) is -1.29. The number of halogens is 1. The molecule has 0 spiro atoms. The van der Waals surface area contributed by atoms with Crippen LogP contribution in [0, 0.1) is 5.82 Å². The minimum atomic E-state index is -0.891. The Morgan fingerprint density at radius 1 is 1.47 bits per heavy atom. The zero-order chi connectivity index (χ0) is 14.2. The Hall–Kier alpha value is -1.95. The van der Waals surface area contributed by atoms with E-state index in [1.807, 2.05) is 0 Å². The molecule has 0 saturated carbocycles. The zero-order valence-corrected chi connectivity index (χ0v) is 10.7. The van der Waals surface area contributed by atoms with Crippen LogP contribution in [0.1, 0.15) is 25.5 Å². The Kier molecular flexibility index (Phi) is 3.53. The molecule has 0 aromatic heterocycles. The van der Waals surface area contributed by atoms with Gasteiger partial charge in [-0.3, -0.25) is 14.9 Å². The summed E-state index contributed by atoms with van der Waals surface area (Å²) in [7, 11) is 0. The lowest BCUT2D eigenvalue weighted by molar-refractivity contribution is -0.132. The molecule has 6 heteroatoms. The summed E-state index contributed by atoms with van der Waals surface area (Å²) in [4.78, 5) is 24.6. The third-order valence-corrected chi connectivity index (χ3v) is 3.17. The molecule has 1 aliphatic heterocycles. The summed E-state index contributed by atoms with van der Waals surface area (Å²) in [6.07, 6.45) is -0.891. The first-order chi connectivity index (χ1) is 8.90. The van der Waals surface area contributed by atoms with Gasteiger partial charge in [-0.25, -0.2) is 4.39 Å². The van der Waals surface area contributed by atoms with Crippen LogP contribution in [0.2, 0.25) is 0 Å². The molecule has 1 fully saturated rings. The standard InChI is InChI=1S/C13H15FN2O3/c1-7-13(19)15-12(18)6-16(7)11-4-3-9(14)5-10(11)8(2)17/h3-5,7-8,17H,6H2,1-2H3,(H,15,18,19). The van der Waals surface area contributed by atoms with Crippen LogP contribution >= 0.6 is 0 Å². The van der Waals surface area contributed by atoms with Crippen molar-refractivity contribution >= 4 is 17.5 Å². The summed E-state index contributed by atoms with van der Waals surface area (Å²) < 4.78 is 13.2. The number of hydrogen-bond acceptors (Lipinski definition) is 4. The number of benzene rings is 1. The molecule has 1 aromatic carbocycles. The number of piperazine rings is 1. The van der Waals surface area contributed by atoms with E-state index in [2.05, 4.69) is 5.32 Å². The summed E-state index contributed by atoms with van der Waals surface area (Å²) >= 11 is 0. The highest BCUT2D eigenvalue weighted by atomic mass is 19.1. The smallest absolute Gasteiger partial charge is 0.249 e. The minimum Gasteiger partial charge on any atom is -0.389 e. The van der Waals surface area contributed by atoms with E-state index < -0.39 is 29.8 Å². The largest absolute Gasteiger partial charge is 0.389 e. The third-order valence-electron chi connectivity index (χ3n) is 3.17. The van der Waals surface area contributed by atoms with Gasteiger partial charge in [0.2, 0.25) is 11.8 Å². The topological polar surface area (TPSA) is 69.6 Å². The first-order valence-electron chi connectivity index (χ1n) is 5.98. The molecule has 2 rings (SSSR count). The normalized spacial score (nSPS) is 21.3. The second kappa shape index (κ2) is 4.97. The number of aliphatic hydroxyl groups is 1. The van der Waals surface area contributed by atoms with E-state index in [-0.39, 0.29) is 6.54 Å². The maximum Gasteiger partial charge on any atom is 0.249 e. The summed E-state index contributed by atoms with van der Waals surface area (Å²) in [5, 5.41) is 11.9. The fourth-order valence-corrected chi connectivity index (χ4v) is 2.13. The predicted molar refractivity (Wildman–Crippen MR) is 67.0 cm³/mol. The van der Waals surface area contributed by atoms with Crippen molar-refractivity contribution in [2.24, 2.45) is 0 Å². The fourth-order valence-electron chi connectivity index (χ4n) is 2.13. The van der Waals surface area contributed by atoms with Gasteiger partial charge in [-0.15, -0.1) is 0 Å². The number of aliphatic hydroxyl groups excluding tert-OH is 1. The maximum atomic E-state index is 13.2. The fraction of sp³-hybridized carbons (Fsp3) is 0.385. The molecule has 1 aromatic rings. The van der Waals surface area contributed by atoms with Crippen molar-refractivity contribution in [1.29, 1.82) is 0 Å². The zero-order valence-electron chi connectivity index (χ0n) is 10.7. The van der Waals surface area contributed by atoms with Crippen molar-refractivity contribution in [1.82, 2.24) is 5.32 Å². The Morgan fingerprint density at radius 2 is 2.16 bits per heavy atom. The number of hydrogen-bond donors (Lipinski definition) is 2. The molecule has 2 atom stereocenters. The van der Waals surface area contributed by atoms with E-state index in [0.717, 1.165) is 0 Å². The van der Waals surface area contributed by atoms with E-state index in [1.165, 1.54) is 25.1 Å². The molecule has 0 bridgehead atoms. The lowest BCUT2D eigenvalue weighted by atomic mass is 10.0. The highest BCUT2D eigenvalue weighted by molar-refractivity contribution is 6.04. The first-order valence-corrected chi connectivity index (χ1v) is 5.98. The average molecular weight is 266 g/mol. The van der Waals surface area contributed by atoms with Gasteiger partial charge in [-0.1, -0.05) is 0 Å². The first kappa shape index (κ1) is 13.5. The Morgan fingerprint density at radius 3 is 2.79 bits per heavy atom. The highest BCUT2D eigenvalue weighted by Gasteiger charge is 2.32. The van der Waals surface area contributed by atoms with Gasteiger partial charge in [0.1, 0.15) is 11.9 Å². The quantitative estimate of drug-likeness (QED) is 0.774. The molecule has 5 nitrogen and oxygen atoms in total. The number of nitrogens with one attached hydrogen (secondary N) is 1. The van der Waals surface area contributed by atoms with Gasteiger partial charge in [0.15, 0.2) is 0 Å². The van der Waals surface area contributed by atoms with Gasteiger partial charge in [0.05, 0.1) is 12.6 Å². The summed E-state index contributed by atoms with van der Waals surface area (Å²) in [6, 6.07) is 3.37. The van der Waals surface area contributed by atoms with Gasteiger partial charge >= 0.3 is 0 Å². The number of carbonyl (C=O) groups is 2. The number of carbonyl (C=O) groups excluding carboxylic acids is 2. The molecule has 0 radical (unpaired) electrons. The van der Waals surface area contributed by atoms with Crippen molar-refractivity contribution in [2.75, 3.05) is 11.4 Å². The molecule has 2 N–H and O–H groups in total. The number of rotatable bonds is 2. The van der Waals surface area contributed by atoms with Crippen molar-refractivity contribution < 1.29 is 19.1 Å². The Bertz CT molecular complexity index is 531. The molecular formula is C13H15FN2O3. The second-order valence-corrected chi connectivity index (χ2v) is 4.60. The molecule has 1 saturated heterocycles. The molecule has 1 aliphatic rings. The van der Waals surface area contributed by atoms with E-state index >= 15 is 0 Å². The second-order valence-electron chi connectivity index (χ2n) is 4.60. The van der Waals surface area contributed by atoms with Crippen LogP contribution < -0.4 is 10.2 Å². The summed E-state index contributed by atoms with van der Waals surface area (Å²) in [6.45, 7) is 3.16. The maximum absolute atomic E-state index is 13.2. The lowest BCUT2D eigenvalue weighted by Gasteiger charge is -2.35. The molecule has 102 valence electrons. The number of nitrogens with zero attached hydrogens (tertiary/aromatic N) is 1. The van der Waals surface area contributed by atoms with Crippen LogP contribution in [0.4, 0.5) is 10.1 Å². The van der Waals surface area contributed by atoms with Crippen LogP contribution in [0.25, 0.3) is 0 Å². The molecule has 2 amide bonds. The Labute approximate surface area is 110 Å². The number of imide groups is 1. The monoisotopic (exact) mass is 266 g/mol. The van der Waals surface area contributed by atoms with Crippen LogP contribution in [0.5, 0.6) is 0 Å². The number of anilines is 1. The minimum absolute atomic E-state index is 0.00173. The van der Waals surface area contributed by atoms with Crippen LogP contribution in [-0.2, 0) is 9.59 Å². The van der Waals surface area contributed by atoms with Crippen LogP contribution in [0.3, 0.4) is 0 Å². The van der Waals surface area contributed by atoms with E-state index in [9.17, 15) is 19.1 Å². The molecule has 0 aliphatic carbocycles. The number of amides is 2. The van der Waals surface area contributed by atoms with Crippen LogP contribution in [0.15, 0.2) is 18.2 Å². The van der Waals surface area contributed by atoms with Gasteiger partial charge in [-0.05, 0) is 32.0 Å². The lowest BCUT2D eigenvalue weighted by Crippen LogP contribution is -2.57. The van der Waals surface area contributed by atoms with E-state index in [1.54, 1.807) is 11.8 Å². The molecule has 2 unspecified atom stereocenters. The van der Waals surface area contributed by atoms with Crippen molar-refractivity contribution in [2.45, 2.75) is 26.0 Å². The molecular weight excluding hydrogens is 251 g/mol. The van der Waals surface area contributed by atoms with Gasteiger partial charge in [0.25, 0.3) is 0 Å². The highest BCUT2D eigenvalue weighted by Crippen LogP contribution is 2.29. The van der Waals surface area contributed by atoms with Gasteiger partial charge < -0.3 is 10.0 Å². The van der Waals surface area contributed by atoms with Crippen molar-refractivity contribution in [3.8, 4) is 0 Å².